The van der Waals surface area contributed by atoms with E-state index >= 15 is 0 Å². The maximum Gasteiger partial charge on any atom is 0.214 e. The molecule has 0 spiro atoms. The second kappa shape index (κ2) is 6.17. The highest BCUT2D eigenvalue weighted by molar-refractivity contribution is 7.89. The van der Waals surface area contributed by atoms with E-state index in [0.29, 0.717) is 6.54 Å². The Labute approximate surface area is 108 Å². The number of hydrogen-bond acceptors (Lipinski definition) is 4. The molecule has 1 unspecified atom stereocenters. The molecule has 0 aliphatic carbocycles. The molecule has 5 nitrogen and oxygen atoms in total. The molecule has 18 heavy (non-hydrogen) atoms. The average molecular weight is 272 g/mol. The first kappa shape index (κ1) is 14.9. The van der Waals surface area contributed by atoms with Crippen LogP contribution in [0.15, 0.2) is 24.3 Å². The van der Waals surface area contributed by atoms with E-state index < -0.39 is 10.0 Å². The lowest BCUT2D eigenvalue weighted by atomic mass is 10.1. The zero-order valence-electron chi connectivity index (χ0n) is 10.9. The molecule has 1 aromatic carbocycles. The number of phenols is 1. The smallest absolute Gasteiger partial charge is 0.214 e. The van der Waals surface area contributed by atoms with E-state index in [4.69, 9.17) is 0 Å². The van der Waals surface area contributed by atoms with Gasteiger partial charge in [0.15, 0.2) is 0 Å². The summed E-state index contributed by atoms with van der Waals surface area (Å²) in [5.41, 5.74) is 0.764. The molecule has 0 saturated heterocycles. The predicted octanol–water partition coefficient (Wildman–Crippen LogP) is 0.934. The molecule has 2 N–H and O–H groups in total. The van der Waals surface area contributed by atoms with Crippen molar-refractivity contribution in [3.63, 3.8) is 0 Å². The van der Waals surface area contributed by atoms with E-state index in [2.05, 4.69) is 5.32 Å². The van der Waals surface area contributed by atoms with Gasteiger partial charge in [-0.2, -0.15) is 0 Å². The molecule has 0 aliphatic rings. The second-order valence-electron chi connectivity index (χ2n) is 4.33. The first-order chi connectivity index (χ1) is 8.34. The molecule has 0 aliphatic heterocycles. The largest absolute Gasteiger partial charge is 0.508 e. The minimum Gasteiger partial charge on any atom is -0.508 e. The first-order valence-corrected chi connectivity index (χ1v) is 7.37. The monoisotopic (exact) mass is 272 g/mol. The highest BCUT2D eigenvalue weighted by Crippen LogP contribution is 2.22. The fraction of sp³-hybridized carbons (Fsp3) is 0.500. The molecular weight excluding hydrogens is 252 g/mol. The van der Waals surface area contributed by atoms with Gasteiger partial charge in [-0.15, -0.1) is 0 Å². The number of hydrogen-bond donors (Lipinski definition) is 2. The van der Waals surface area contributed by atoms with Crippen LogP contribution in [0.1, 0.15) is 18.5 Å². The Morgan fingerprint density at radius 3 is 2.50 bits per heavy atom. The molecule has 0 amide bonds. The molecule has 1 rings (SSSR count). The minimum absolute atomic E-state index is 0.0396. The van der Waals surface area contributed by atoms with Crippen molar-refractivity contribution in [3.8, 4) is 5.75 Å². The molecule has 0 fully saturated rings. The highest BCUT2D eigenvalue weighted by Gasteiger charge is 2.14. The molecular formula is C12H20N2O3S. The van der Waals surface area contributed by atoms with Gasteiger partial charge >= 0.3 is 0 Å². The highest BCUT2D eigenvalue weighted by atomic mass is 32.2. The van der Waals surface area contributed by atoms with Crippen LogP contribution in [0.4, 0.5) is 0 Å². The number of rotatable bonds is 6. The molecule has 0 radical (unpaired) electrons. The van der Waals surface area contributed by atoms with Gasteiger partial charge in [-0.1, -0.05) is 18.2 Å². The van der Waals surface area contributed by atoms with Crippen LogP contribution in [0, 0.1) is 0 Å². The van der Waals surface area contributed by atoms with E-state index in [9.17, 15) is 13.5 Å². The fourth-order valence-corrected chi connectivity index (χ4v) is 2.29. The topological polar surface area (TPSA) is 69.6 Å². The molecule has 6 heteroatoms. The van der Waals surface area contributed by atoms with Crippen molar-refractivity contribution < 1.29 is 13.5 Å². The van der Waals surface area contributed by atoms with E-state index in [0.717, 1.165) is 5.56 Å². The zero-order valence-corrected chi connectivity index (χ0v) is 11.7. The third-order valence-electron chi connectivity index (χ3n) is 2.77. The maximum atomic E-state index is 11.6. The summed E-state index contributed by atoms with van der Waals surface area (Å²) in [6, 6.07) is 6.92. The molecule has 0 aromatic heterocycles. The van der Waals surface area contributed by atoms with Gasteiger partial charge < -0.3 is 10.4 Å². The molecule has 0 bridgehead atoms. The number of para-hydroxylation sites is 1. The van der Waals surface area contributed by atoms with Gasteiger partial charge in [0.1, 0.15) is 5.75 Å². The first-order valence-electron chi connectivity index (χ1n) is 5.76. The molecule has 0 heterocycles. The Hall–Kier alpha value is -1.11. The van der Waals surface area contributed by atoms with Gasteiger partial charge in [0, 0.05) is 32.2 Å². The molecule has 102 valence electrons. The van der Waals surface area contributed by atoms with Gasteiger partial charge in [-0.3, -0.25) is 0 Å². The molecule has 1 aromatic rings. The van der Waals surface area contributed by atoms with Gasteiger partial charge in [0.05, 0.1) is 5.75 Å². The van der Waals surface area contributed by atoms with Crippen LogP contribution in [0.5, 0.6) is 5.75 Å². The fourth-order valence-electron chi connectivity index (χ4n) is 1.55. The Balaban J connectivity index is 2.53. The van der Waals surface area contributed by atoms with Crippen molar-refractivity contribution in [1.82, 2.24) is 9.62 Å². The summed E-state index contributed by atoms with van der Waals surface area (Å²) in [7, 11) is -0.147. The van der Waals surface area contributed by atoms with Gasteiger partial charge in [0.2, 0.25) is 10.0 Å². The normalized spacial score (nSPS) is 13.8. The number of aromatic hydroxyl groups is 1. The van der Waals surface area contributed by atoms with Crippen LogP contribution in [-0.2, 0) is 10.0 Å². The van der Waals surface area contributed by atoms with Crippen molar-refractivity contribution in [1.29, 1.82) is 0 Å². The van der Waals surface area contributed by atoms with E-state index in [1.165, 1.54) is 18.4 Å². The van der Waals surface area contributed by atoms with E-state index in [1.807, 2.05) is 19.1 Å². The van der Waals surface area contributed by atoms with Crippen LogP contribution in [0.25, 0.3) is 0 Å². The lowest BCUT2D eigenvalue weighted by molar-refractivity contribution is 0.454. The van der Waals surface area contributed by atoms with E-state index in [-0.39, 0.29) is 17.5 Å². The Kier molecular flexibility index (Phi) is 5.13. The summed E-state index contributed by atoms with van der Waals surface area (Å²) in [5, 5.41) is 12.7. The Bertz CT molecular complexity index is 486. The average Bonchev–Trinajstić information content (AvgIpc) is 2.29. The van der Waals surface area contributed by atoms with Gasteiger partial charge in [-0.05, 0) is 13.0 Å². The van der Waals surface area contributed by atoms with Crippen molar-refractivity contribution in [2.24, 2.45) is 0 Å². The minimum atomic E-state index is -3.18. The van der Waals surface area contributed by atoms with Crippen LogP contribution >= 0.6 is 0 Å². The predicted molar refractivity (Wildman–Crippen MR) is 72.0 cm³/mol. The van der Waals surface area contributed by atoms with Crippen molar-refractivity contribution >= 4 is 10.0 Å². The summed E-state index contributed by atoms with van der Waals surface area (Å²) in [6.45, 7) is 2.23. The van der Waals surface area contributed by atoms with Crippen LogP contribution in [-0.4, -0.2) is 44.2 Å². The quantitative estimate of drug-likeness (QED) is 0.808. The van der Waals surface area contributed by atoms with Crippen molar-refractivity contribution in [2.45, 2.75) is 13.0 Å². The zero-order chi connectivity index (χ0) is 13.8. The second-order valence-corrected chi connectivity index (χ2v) is 6.64. The summed E-state index contributed by atoms with van der Waals surface area (Å²) in [6.07, 6.45) is 0. The van der Waals surface area contributed by atoms with Gasteiger partial charge in [0.25, 0.3) is 0 Å². The Morgan fingerprint density at radius 2 is 1.94 bits per heavy atom. The van der Waals surface area contributed by atoms with E-state index in [1.54, 1.807) is 12.1 Å². The lowest BCUT2D eigenvalue weighted by Crippen LogP contribution is -2.32. The SMILES string of the molecule is CC(NCCS(=O)(=O)N(C)C)c1ccccc1O. The van der Waals surface area contributed by atoms with Gasteiger partial charge in [-0.25, -0.2) is 12.7 Å². The standard InChI is InChI=1S/C12H20N2O3S/c1-10(11-6-4-5-7-12(11)15)13-8-9-18(16,17)14(2)3/h4-7,10,13,15H,8-9H2,1-3H3. The Morgan fingerprint density at radius 1 is 1.33 bits per heavy atom. The number of phenolic OH excluding ortho intramolecular Hbond substituents is 1. The summed E-state index contributed by atoms with van der Waals surface area (Å²) < 4.78 is 24.3. The number of nitrogens with zero attached hydrogens (tertiary/aromatic N) is 1. The summed E-state index contributed by atoms with van der Waals surface area (Å²) in [4.78, 5) is 0. The lowest BCUT2D eigenvalue weighted by Gasteiger charge is -2.16. The maximum absolute atomic E-state index is 11.6. The summed E-state index contributed by atoms with van der Waals surface area (Å²) >= 11 is 0. The van der Waals surface area contributed by atoms with Crippen LogP contribution < -0.4 is 5.32 Å². The number of sulfonamides is 1. The molecule has 0 saturated carbocycles. The van der Waals surface area contributed by atoms with Crippen molar-refractivity contribution in [3.05, 3.63) is 29.8 Å². The summed E-state index contributed by atoms with van der Waals surface area (Å²) in [5.74, 6) is 0.255. The van der Waals surface area contributed by atoms with Crippen molar-refractivity contribution in [2.75, 3.05) is 26.4 Å². The third kappa shape index (κ3) is 3.97. The third-order valence-corrected chi connectivity index (χ3v) is 4.60. The van der Waals surface area contributed by atoms with Crippen LogP contribution in [0.2, 0.25) is 0 Å². The molecule has 1 atom stereocenters. The van der Waals surface area contributed by atoms with Crippen LogP contribution in [0.3, 0.4) is 0 Å². The number of benzene rings is 1. The number of nitrogens with one attached hydrogen (secondary N) is 1.